The first kappa shape index (κ1) is 16.1. The van der Waals surface area contributed by atoms with Gasteiger partial charge in [0.1, 0.15) is 5.78 Å². The molecule has 1 aromatic carbocycles. The zero-order valence-electron chi connectivity index (χ0n) is 15.2. The van der Waals surface area contributed by atoms with Crippen LogP contribution in [0.4, 0.5) is 0 Å². The molecule has 5 saturated carbocycles. The molecule has 0 N–H and O–H groups in total. The summed E-state index contributed by atoms with van der Waals surface area (Å²) in [5.74, 6) is 1.64. The lowest BCUT2D eigenvalue weighted by Crippen LogP contribution is -2.50. The normalized spacial score (nSPS) is 41.3. The second kappa shape index (κ2) is 5.20. The van der Waals surface area contributed by atoms with Crippen LogP contribution < -0.4 is 0 Å². The lowest BCUT2D eigenvalue weighted by Gasteiger charge is -2.56. The van der Waals surface area contributed by atoms with Crippen molar-refractivity contribution in [2.24, 2.45) is 34.5 Å². The van der Waals surface area contributed by atoms with Gasteiger partial charge in [-0.15, -0.1) is 0 Å². The fraction of sp³-hybridized carbons (Fsp3) is 0.609. The molecule has 4 bridgehead atoms. The summed E-state index contributed by atoms with van der Waals surface area (Å²) in [6.45, 7) is 2.01. The molecule has 0 aliphatic heterocycles. The largest absolute Gasteiger partial charge is 0.299 e. The van der Waals surface area contributed by atoms with E-state index in [0.29, 0.717) is 17.8 Å². The van der Waals surface area contributed by atoms with Gasteiger partial charge in [0.25, 0.3) is 0 Å². The fourth-order valence-electron chi connectivity index (χ4n) is 7.15. The highest BCUT2D eigenvalue weighted by atomic mass is 16.1. The van der Waals surface area contributed by atoms with Gasteiger partial charge in [0.05, 0.1) is 18.1 Å². The molecule has 6 rings (SSSR count). The molecule has 3 nitrogen and oxygen atoms in total. The highest BCUT2D eigenvalue weighted by Gasteiger charge is 2.73. The molecule has 26 heavy (non-hydrogen) atoms. The fourth-order valence-corrected chi connectivity index (χ4v) is 7.15. The molecule has 0 aromatic heterocycles. The summed E-state index contributed by atoms with van der Waals surface area (Å²) in [6.07, 6.45) is 6.88. The Kier molecular flexibility index (Phi) is 3.21. The molecule has 0 unspecified atom stereocenters. The summed E-state index contributed by atoms with van der Waals surface area (Å²) in [5.41, 5.74) is 0.689. The van der Waals surface area contributed by atoms with Crippen molar-refractivity contribution < 1.29 is 4.79 Å². The van der Waals surface area contributed by atoms with Crippen LogP contribution in [0.2, 0.25) is 0 Å². The van der Waals surface area contributed by atoms with Crippen molar-refractivity contribution >= 4 is 5.78 Å². The molecule has 0 radical (unpaired) electrons. The van der Waals surface area contributed by atoms with E-state index in [0.717, 1.165) is 30.4 Å². The van der Waals surface area contributed by atoms with E-state index >= 15 is 0 Å². The molecule has 0 spiro atoms. The van der Waals surface area contributed by atoms with Crippen LogP contribution in [0.5, 0.6) is 0 Å². The van der Waals surface area contributed by atoms with Crippen molar-refractivity contribution in [1.29, 1.82) is 10.5 Å². The first-order valence-electron chi connectivity index (χ1n) is 9.95. The predicted octanol–water partition coefficient (Wildman–Crippen LogP) is 4.53. The van der Waals surface area contributed by atoms with E-state index in [1.807, 2.05) is 31.2 Å². The van der Waals surface area contributed by atoms with Crippen molar-refractivity contribution in [3.8, 4) is 12.1 Å². The maximum Gasteiger partial charge on any atom is 0.161 e. The highest BCUT2D eigenvalue weighted by molar-refractivity contribution is 5.94. The van der Waals surface area contributed by atoms with E-state index < -0.39 is 11.3 Å². The molecular weight excluding hydrogens is 320 g/mol. The quantitative estimate of drug-likeness (QED) is 0.809. The summed E-state index contributed by atoms with van der Waals surface area (Å²) < 4.78 is 0. The van der Waals surface area contributed by atoms with Gasteiger partial charge < -0.3 is 0 Å². The van der Waals surface area contributed by atoms with Gasteiger partial charge in [-0.2, -0.15) is 10.5 Å². The van der Waals surface area contributed by atoms with Crippen molar-refractivity contribution in [2.45, 2.75) is 51.4 Å². The third-order valence-corrected chi connectivity index (χ3v) is 7.94. The van der Waals surface area contributed by atoms with Crippen molar-refractivity contribution in [3.05, 3.63) is 35.4 Å². The number of nitrogens with zero attached hydrogens (tertiary/aromatic N) is 2. The first-order chi connectivity index (χ1) is 12.5. The summed E-state index contributed by atoms with van der Waals surface area (Å²) >= 11 is 0. The maximum atomic E-state index is 13.8. The summed E-state index contributed by atoms with van der Waals surface area (Å²) in [4.78, 5) is 13.8. The van der Waals surface area contributed by atoms with E-state index in [9.17, 15) is 15.3 Å². The standard InChI is InChI=1S/C23H24N2O/c1-14-4-2-3-5-18(14)19-20(23(19,12-24)13-25)21(26)22-9-15-6-16(10-22)8-17(7-15)11-22/h2-5,15-17,19-20H,6-11H2,1H3/t15?,16?,17?,19-,20+,22?/m0/s1. The maximum absolute atomic E-state index is 13.8. The third-order valence-electron chi connectivity index (χ3n) is 7.94. The summed E-state index contributed by atoms with van der Waals surface area (Å²) in [5, 5.41) is 19.7. The molecular formula is C23H24N2O. The van der Waals surface area contributed by atoms with Gasteiger partial charge in [0.15, 0.2) is 5.41 Å². The van der Waals surface area contributed by atoms with Crippen molar-refractivity contribution in [1.82, 2.24) is 0 Å². The van der Waals surface area contributed by atoms with Gasteiger partial charge in [-0.3, -0.25) is 4.79 Å². The van der Waals surface area contributed by atoms with Crippen LogP contribution in [0, 0.1) is 64.1 Å². The zero-order chi connectivity index (χ0) is 18.1. The Morgan fingerprint density at radius 1 is 1.00 bits per heavy atom. The minimum atomic E-state index is -1.16. The van der Waals surface area contributed by atoms with Crippen molar-refractivity contribution in [2.75, 3.05) is 0 Å². The van der Waals surface area contributed by atoms with Crippen LogP contribution in [0.15, 0.2) is 24.3 Å². The average molecular weight is 344 g/mol. The Labute approximate surface area is 155 Å². The monoisotopic (exact) mass is 344 g/mol. The number of hydrogen-bond donors (Lipinski definition) is 0. The molecule has 5 aliphatic carbocycles. The average Bonchev–Trinajstić information content (AvgIpc) is 3.29. The van der Waals surface area contributed by atoms with Gasteiger partial charge >= 0.3 is 0 Å². The van der Waals surface area contributed by atoms with E-state index in [1.54, 1.807) is 0 Å². The first-order valence-corrected chi connectivity index (χ1v) is 9.95. The van der Waals surface area contributed by atoms with Gasteiger partial charge in [-0.25, -0.2) is 0 Å². The van der Waals surface area contributed by atoms with Crippen molar-refractivity contribution in [3.63, 3.8) is 0 Å². The molecule has 132 valence electrons. The molecule has 3 heteroatoms. The highest BCUT2D eigenvalue weighted by Crippen LogP contribution is 2.70. The van der Waals surface area contributed by atoms with Crippen LogP contribution >= 0.6 is 0 Å². The molecule has 5 fully saturated rings. The van der Waals surface area contributed by atoms with Crippen LogP contribution in [0.25, 0.3) is 0 Å². The second-order valence-corrected chi connectivity index (χ2v) is 9.47. The van der Waals surface area contributed by atoms with Crippen LogP contribution in [-0.4, -0.2) is 5.78 Å². The van der Waals surface area contributed by atoms with E-state index in [4.69, 9.17) is 0 Å². The molecule has 5 aliphatic rings. The number of carbonyl (C=O) groups excluding carboxylic acids is 1. The Morgan fingerprint density at radius 2 is 1.54 bits per heavy atom. The number of nitriles is 2. The number of Topliss-reactive ketones (excluding diaryl/α,β-unsaturated/α-hetero) is 1. The molecule has 0 heterocycles. The lowest BCUT2D eigenvalue weighted by atomic mass is 9.48. The van der Waals surface area contributed by atoms with Gasteiger partial charge in [0.2, 0.25) is 0 Å². The number of rotatable bonds is 3. The number of carbonyl (C=O) groups is 1. The second-order valence-electron chi connectivity index (χ2n) is 9.47. The lowest BCUT2D eigenvalue weighted by molar-refractivity contribution is -0.145. The predicted molar refractivity (Wildman–Crippen MR) is 96.7 cm³/mol. The Bertz CT molecular complexity index is 822. The zero-order valence-corrected chi connectivity index (χ0v) is 15.2. The van der Waals surface area contributed by atoms with E-state index in [-0.39, 0.29) is 17.1 Å². The Hall–Kier alpha value is -2.13. The Balaban J connectivity index is 1.53. The number of ketones is 1. The Morgan fingerprint density at radius 3 is 2.04 bits per heavy atom. The minimum Gasteiger partial charge on any atom is -0.299 e. The number of hydrogen-bond acceptors (Lipinski definition) is 3. The van der Waals surface area contributed by atoms with Gasteiger partial charge in [-0.1, -0.05) is 24.3 Å². The van der Waals surface area contributed by atoms with Crippen LogP contribution in [0.1, 0.15) is 55.6 Å². The molecule has 0 saturated heterocycles. The number of aryl methyl sites for hydroxylation is 1. The van der Waals surface area contributed by atoms with Gasteiger partial charge in [0, 0.05) is 11.3 Å². The van der Waals surface area contributed by atoms with Crippen LogP contribution in [0.3, 0.4) is 0 Å². The minimum absolute atomic E-state index is 0.240. The van der Waals surface area contributed by atoms with E-state index in [2.05, 4.69) is 12.1 Å². The topological polar surface area (TPSA) is 64.7 Å². The summed E-state index contributed by atoms with van der Waals surface area (Å²) in [7, 11) is 0. The molecule has 1 aromatic rings. The third kappa shape index (κ3) is 1.95. The van der Waals surface area contributed by atoms with Crippen LogP contribution in [-0.2, 0) is 4.79 Å². The molecule has 0 amide bonds. The van der Waals surface area contributed by atoms with Gasteiger partial charge in [-0.05, 0) is 74.3 Å². The number of benzene rings is 1. The molecule has 2 atom stereocenters. The SMILES string of the molecule is Cc1ccccc1[C@H]1[C@H](C(=O)C23CC4CC(CC(C4)C2)C3)C1(C#N)C#N. The summed E-state index contributed by atoms with van der Waals surface area (Å²) in [6, 6.07) is 12.4. The van der Waals surface area contributed by atoms with E-state index in [1.165, 1.54) is 19.3 Å². The smallest absolute Gasteiger partial charge is 0.161 e.